The van der Waals surface area contributed by atoms with Gasteiger partial charge in [0.25, 0.3) is 0 Å². The lowest BCUT2D eigenvalue weighted by Gasteiger charge is -2.36. The van der Waals surface area contributed by atoms with Gasteiger partial charge >= 0.3 is 0 Å². The molecule has 7 nitrogen and oxygen atoms in total. The monoisotopic (exact) mass is 384 g/mol. The fourth-order valence-electron chi connectivity index (χ4n) is 4.09. The number of piperazine rings is 1. The third kappa shape index (κ3) is 3.85. The summed E-state index contributed by atoms with van der Waals surface area (Å²) in [6, 6.07) is 8.09. The molecule has 1 fully saturated rings. The Hall–Kier alpha value is -2.54. The van der Waals surface area contributed by atoms with E-state index < -0.39 is 0 Å². The van der Waals surface area contributed by atoms with Crippen LogP contribution in [0.15, 0.2) is 24.3 Å². The summed E-state index contributed by atoms with van der Waals surface area (Å²) in [5, 5.41) is 4.62. The minimum absolute atomic E-state index is 0.210. The molecule has 28 heavy (non-hydrogen) atoms. The van der Waals surface area contributed by atoms with Gasteiger partial charge in [-0.3, -0.25) is 9.48 Å². The van der Waals surface area contributed by atoms with Crippen LogP contribution in [0, 0.1) is 0 Å². The Kier molecular flexibility index (Phi) is 5.52. The third-order valence-corrected chi connectivity index (χ3v) is 5.71. The minimum atomic E-state index is 0.210. The maximum Gasteiger partial charge on any atom is 0.223 e. The van der Waals surface area contributed by atoms with E-state index in [1.54, 1.807) is 7.11 Å². The van der Waals surface area contributed by atoms with Gasteiger partial charge in [0, 0.05) is 75.5 Å². The zero-order valence-corrected chi connectivity index (χ0v) is 16.7. The molecule has 0 N–H and O–H groups in total. The van der Waals surface area contributed by atoms with Gasteiger partial charge < -0.3 is 19.3 Å². The number of amides is 1. The maximum absolute atomic E-state index is 12.7. The predicted molar refractivity (Wildman–Crippen MR) is 107 cm³/mol. The number of fused-ring (bicyclic) bond motifs is 1. The van der Waals surface area contributed by atoms with E-state index in [4.69, 9.17) is 9.47 Å². The van der Waals surface area contributed by atoms with Gasteiger partial charge in [-0.05, 0) is 12.1 Å². The van der Waals surface area contributed by atoms with Crippen LogP contribution >= 0.6 is 0 Å². The highest BCUT2D eigenvalue weighted by molar-refractivity contribution is 5.76. The Bertz CT molecular complexity index is 840. The highest BCUT2D eigenvalue weighted by Gasteiger charge is 2.24. The molecule has 0 radical (unpaired) electrons. The first-order valence-electron chi connectivity index (χ1n) is 9.94. The highest BCUT2D eigenvalue weighted by atomic mass is 16.5. The predicted octanol–water partition coefficient (Wildman–Crippen LogP) is 1.78. The van der Waals surface area contributed by atoms with E-state index in [2.05, 4.69) is 16.1 Å². The van der Waals surface area contributed by atoms with Gasteiger partial charge in [-0.1, -0.05) is 6.07 Å². The van der Waals surface area contributed by atoms with E-state index in [9.17, 15) is 4.79 Å². The summed E-state index contributed by atoms with van der Waals surface area (Å²) in [5.41, 5.74) is 4.59. The molecular formula is C21H28N4O3. The van der Waals surface area contributed by atoms with Crippen LogP contribution in [-0.4, -0.2) is 60.5 Å². The standard InChI is InChI=1S/C21H28N4O3/c1-23-20-8-13-28-15-18(20)19(22-23)6-7-21(26)25-11-9-24(10-12-25)16-4-3-5-17(14-16)27-2/h3-5,14H,6-13,15H2,1-2H3. The normalized spacial score (nSPS) is 16.8. The lowest BCUT2D eigenvalue weighted by Crippen LogP contribution is -2.48. The number of benzene rings is 1. The van der Waals surface area contributed by atoms with E-state index in [1.807, 2.05) is 34.8 Å². The van der Waals surface area contributed by atoms with Crippen LogP contribution in [0.1, 0.15) is 23.4 Å². The van der Waals surface area contributed by atoms with Crippen molar-refractivity contribution < 1.29 is 14.3 Å². The number of hydrogen-bond donors (Lipinski definition) is 0. The number of anilines is 1. The topological polar surface area (TPSA) is 59.8 Å². The molecule has 0 bridgehead atoms. The summed E-state index contributed by atoms with van der Waals surface area (Å²) in [4.78, 5) is 17.0. The maximum atomic E-state index is 12.7. The van der Waals surface area contributed by atoms with Gasteiger partial charge in [0.1, 0.15) is 5.75 Å². The molecule has 2 aromatic rings. The first-order chi connectivity index (χ1) is 13.7. The van der Waals surface area contributed by atoms with E-state index in [1.165, 1.54) is 11.3 Å². The van der Waals surface area contributed by atoms with E-state index in [0.717, 1.165) is 56.3 Å². The van der Waals surface area contributed by atoms with Gasteiger partial charge in [0.2, 0.25) is 5.91 Å². The number of aryl methyl sites for hydroxylation is 2. The molecule has 0 unspecified atom stereocenters. The molecule has 1 amide bonds. The second-order valence-corrected chi connectivity index (χ2v) is 7.37. The molecule has 0 saturated carbocycles. The summed E-state index contributed by atoms with van der Waals surface area (Å²) in [6.45, 7) is 4.55. The number of hydrogen-bond acceptors (Lipinski definition) is 5. The smallest absolute Gasteiger partial charge is 0.223 e. The first kappa shape index (κ1) is 18.8. The Balaban J connectivity index is 1.31. The average Bonchev–Trinajstić information content (AvgIpc) is 3.08. The molecule has 1 saturated heterocycles. The fourth-order valence-corrected chi connectivity index (χ4v) is 4.09. The van der Waals surface area contributed by atoms with E-state index >= 15 is 0 Å². The molecule has 1 aromatic carbocycles. The van der Waals surface area contributed by atoms with E-state index in [-0.39, 0.29) is 5.91 Å². The van der Waals surface area contributed by atoms with Crippen molar-refractivity contribution >= 4 is 11.6 Å². The fraction of sp³-hybridized carbons (Fsp3) is 0.524. The number of carbonyl (C=O) groups excluding carboxylic acids is 1. The molecule has 0 aliphatic carbocycles. The number of nitrogens with zero attached hydrogens (tertiary/aromatic N) is 4. The average molecular weight is 384 g/mol. The van der Waals surface area contributed by atoms with E-state index in [0.29, 0.717) is 19.4 Å². The molecule has 2 aliphatic rings. The van der Waals surface area contributed by atoms with Crippen LogP contribution in [0.25, 0.3) is 0 Å². The minimum Gasteiger partial charge on any atom is -0.497 e. The molecular weight excluding hydrogens is 356 g/mol. The van der Waals surface area contributed by atoms with Crippen LogP contribution in [-0.2, 0) is 36.0 Å². The van der Waals surface area contributed by atoms with Crippen LogP contribution in [0.4, 0.5) is 5.69 Å². The molecule has 1 aromatic heterocycles. The molecule has 4 rings (SSSR count). The van der Waals surface area contributed by atoms with Gasteiger partial charge in [-0.15, -0.1) is 0 Å². The lowest BCUT2D eigenvalue weighted by atomic mass is 10.1. The Morgan fingerprint density at radius 1 is 1.25 bits per heavy atom. The van der Waals surface area contributed by atoms with Gasteiger partial charge in [0.05, 0.1) is 26.0 Å². The largest absolute Gasteiger partial charge is 0.497 e. The van der Waals surface area contributed by atoms with Crippen LogP contribution in [0.5, 0.6) is 5.75 Å². The Morgan fingerprint density at radius 3 is 2.86 bits per heavy atom. The number of aromatic nitrogens is 2. The van der Waals surface area contributed by atoms with Crippen LogP contribution < -0.4 is 9.64 Å². The summed E-state index contributed by atoms with van der Waals surface area (Å²) in [6.07, 6.45) is 2.09. The van der Waals surface area contributed by atoms with Crippen molar-refractivity contribution in [3.63, 3.8) is 0 Å². The molecule has 2 aliphatic heterocycles. The lowest BCUT2D eigenvalue weighted by molar-refractivity contribution is -0.131. The molecule has 0 spiro atoms. The Morgan fingerprint density at radius 2 is 2.07 bits per heavy atom. The van der Waals surface area contributed by atoms with Gasteiger partial charge in [0.15, 0.2) is 0 Å². The van der Waals surface area contributed by atoms with Crippen molar-refractivity contribution in [3.8, 4) is 5.75 Å². The quantitative estimate of drug-likeness (QED) is 0.787. The first-order valence-corrected chi connectivity index (χ1v) is 9.94. The molecule has 7 heteroatoms. The molecule has 150 valence electrons. The summed E-state index contributed by atoms with van der Waals surface area (Å²) < 4.78 is 12.8. The van der Waals surface area contributed by atoms with Crippen molar-refractivity contribution in [2.75, 3.05) is 44.8 Å². The third-order valence-electron chi connectivity index (χ3n) is 5.71. The summed E-state index contributed by atoms with van der Waals surface area (Å²) in [5.74, 6) is 1.07. The number of rotatable bonds is 5. The number of carbonyl (C=O) groups is 1. The van der Waals surface area contributed by atoms with Crippen molar-refractivity contribution in [2.45, 2.75) is 25.9 Å². The number of ether oxygens (including phenoxy) is 2. The molecule has 3 heterocycles. The SMILES string of the molecule is COc1cccc(N2CCN(C(=O)CCc3nn(C)c4c3COCC4)CC2)c1. The van der Waals surface area contributed by atoms with Crippen molar-refractivity contribution in [1.29, 1.82) is 0 Å². The van der Waals surface area contributed by atoms with Crippen molar-refractivity contribution in [2.24, 2.45) is 7.05 Å². The van der Waals surface area contributed by atoms with Crippen LogP contribution in [0.2, 0.25) is 0 Å². The van der Waals surface area contributed by atoms with Crippen LogP contribution in [0.3, 0.4) is 0 Å². The Labute approximate surface area is 165 Å². The van der Waals surface area contributed by atoms with Crippen molar-refractivity contribution in [3.05, 3.63) is 41.2 Å². The highest BCUT2D eigenvalue weighted by Crippen LogP contribution is 2.23. The second-order valence-electron chi connectivity index (χ2n) is 7.37. The van der Waals surface area contributed by atoms with Gasteiger partial charge in [-0.25, -0.2) is 0 Å². The summed E-state index contributed by atoms with van der Waals surface area (Å²) >= 11 is 0. The second kappa shape index (κ2) is 8.22. The van der Waals surface area contributed by atoms with Gasteiger partial charge in [-0.2, -0.15) is 5.10 Å². The number of methoxy groups -OCH3 is 1. The zero-order chi connectivity index (χ0) is 19.5. The van der Waals surface area contributed by atoms with Crippen molar-refractivity contribution in [1.82, 2.24) is 14.7 Å². The zero-order valence-electron chi connectivity index (χ0n) is 16.7. The summed E-state index contributed by atoms with van der Waals surface area (Å²) in [7, 11) is 3.66. The molecule has 0 atom stereocenters.